The minimum Gasteiger partial charge on any atom is -0.299 e. The van der Waals surface area contributed by atoms with Crippen LogP contribution in [-0.4, -0.2) is 29.7 Å². The van der Waals surface area contributed by atoms with Crippen molar-refractivity contribution < 1.29 is 0 Å². The lowest BCUT2D eigenvalue weighted by atomic mass is 10.3. The average molecular weight is 366 g/mol. The highest BCUT2D eigenvalue weighted by atomic mass is 32.2. The Labute approximate surface area is 152 Å². The first-order chi connectivity index (χ1) is 12.3. The van der Waals surface area contributed by atoms with Crippen LogP contribution in [0.15, 0.2) is 47.1 Å². The van der Waals surface area contributed by atoms with Crippen LogP contribution in [0.1, 0.15) is 23.8 Å². The van der Waals surface area contributed by atoms with Crippen LogP contribution in [-0.2, 0) is 0 Å². The highest BCUT2D eigenvalue weighted by molar-refractivity contribution is 7.99. The Bertz CT molecular complexity index is 1050. The van der Waals surface area contributed by atoms with Crippen molar-refractivity contribution in [2.45, 2.75) is 36.0 Å². The molecule has 0 amide bonds. The van der Waals surface area contributed by atoms with Crippen LogP contribution in [0.3, 0.4) is 0 Å². The summed E-state index contributed by atoms with van der Waals surface area (Å²) in [5.41, 5.74) is 0.993. The van der Waals surface area contributed by atoms with Gasteiger partial charge in [-0.15, -0.1) is 21.5 Å². The number of hydrogen-bond acceptors (Lipinski definition) is 7. The molecule has 0 unspecified atom stereocenters. The van der Waals surface area contributed by atoms with Gasteiger partial charge in [-0.3, -0.25) is 9.55 Å². The molecule has 0 spiro atoms. The normalized spacial score (nSPS) is 14.3. The van der Waals surface area contributed by atoms with Crippen LogP contribution in [0.2, 0.25) is 0 Å². The predicted molar refractivity (Wildman–Crippen MR) is 97.8 cm³/mol. The number of hydrogen-bond donors (Lipinski definition) is 0. The summed E-state index contributed by atoms with van der Waals surface area (Å²) >= 11 is 3.25. The van der Waals surface area contributed by atoms with Gasteiger partial charge in [0.05, 0.1) is 0 Å². The zero-order valence-corrected chi connectivity index (χ0v) is 15.1. The van der Waals surface area contributed by atoms with E-state index in [2.05, 4.69) is 42.7 Å². The maximum Gasteiger partial charge on any atom is 0.198 e. The first kappa shape index (κ1) is 15.0. The summed E-state index contributed by atoms with van der Waals surface area (Å²) in [4.78, 5) is 15.3. The second-order valence-corrected chi connectivity index (χ2v) is 8.20. The van der Waals surface area contributed by atoms with Crippen molar-refractivity contribution in [2.24, 2.45) is 0 Å². The molecule has 0 bridgehead atoms. The molecular formula is C17H14N6S2. The standard InChI is InChI=1S/C17H14N6S2/c1-10-7-13-15(24-10)19-9-20-16(13)25-17-22-21-14(23(17)12-4-5-12)11-3-2-6-18-8-11/h2-3,6-9,12H,4-5H2,1H3. The second-order valence-electron chi connectivity index (χ2n) is 6.01. The van der Waals surface area contributed by atoms with E-state index < -0.39 is 0 Å². The molecule has 0 radical (unpaired) electrons. The molecule has 1 fully saturated rings. The van der Waals surface area contributed by atoms with Gasteiger partial charge in [0.15, 0.2) is 11.0 Å². The SMILES string of the molecule is Cc1cc2c(Sc3nnc(-c4cccnc4)n3C3CC3)ncnc2s1. The Morgan fingerprint density at radius 1 is 1.24 bits per heavy atom. The minimum absolute atomic E-state index is 0.467. The fourth-order valence-corrected chi connectivity index (χ4v) is 4.69. The van der Waals surface area contributed by atoms with Crippen LogP contribution < -0.4 is 0 Å². The van der Waals surface area contributed by atoms with Crippen LogP contribution in [0.25, 0.3) is 21.6 Å². The fourth-order valence-electron chi connectivity index (χ4n) is 2.82. The van der Waals surface area contributed by atoms with Crippen molar-refractivity contribution in [2.75, 3.05) is 0 Å². The van der Waals surface area contributed by atoms with E-state index in [1.807, 2.05) is 18.3 Å². The van der Waals surface area contributed by atoms with Gasteiger partial charge in [0, 0.05) is 34.3 Å². The lowest BCUT2D eigenvalue weighted by molar-refractivity contribution is 0.669. The monoisotopic (exact) mass is 366 g/mol. The highest BCUT2D eigenvalue weighted by Gasteiger charge is 2.30. The molecule has 4 heterocycles. The van der Waals surface area contributed by atoms with E-state index in [-0.39, 0.29) is 0 Å². The smallest absolute Gasteiger partial charge is 0.198 e. The number of aromatic nitrogens is 6. The molecule has 0 aromatic carbocycles. The maximum atomic E-state index is 4.48. The quantitative estimate of drug-likeness (QED) is 0.506. The first-order valence-electron chi connectivity index (χ1n) is 8.04. The lowest BCUT2D eigenvalue weighted by Gasteiger charge is -2.08. The third-order valence-electron chi connectivity index (χ3n) is 4.10. The average Bonchev–Trinajstić information content (AvgIpc) is 3.26. The first-order valence-corrected chi connectivity index (χ1v) is 9.67. The van der Waals surface area contributed by atoms with Crippen molar-refractivity contribution in [3.05, 3.63) is 41.8 Å². The van der Waals surface area contributed by atoms with Crippen LogP contribution in [0.4, 0.5) is 0 Å². The summed E-state index contributed by atoms with van der Waals surface area (Å²) in [6.07, 6.45) is 7.56. The Kier molecular flexibility index (Phi) is 3.53. The molecule has 0 aliphatic heterocycles. The van der Waals surface area contributed by atoms with E-state index in [0.29, 0.717) is 6.04 Å². The molecule has 4 aromatic heterocycles. The zero-order chi connectivity index (χ0) is 16.8. The second kappa shape index (κ2) is 5.89. The molecule has 0 saturated heterocycles. The van der Waals surface area contributed by atoms with Gasteiger partial charge in [-0.05, 0) is 49.7 Å². The molecule has 124 valence electrons. The molecule has 1 saturated carbocycles. The summed E-state index contributed by atoms with van der Waals surface area (Å²) in [5.74, 6) is 0.880. The number of thiophene rings is 1. The highest BCUT2D eigenvalue weighted by Crippen LogP contribution is 2.43. The fraction of sp³-hybridized carbons (Fsp3) is 0.235. The largest absolute Gasteiger partial charge is 0.299 e. The van der Waals surface area contributed by atoms with Gasteiger partial charge in [-0.2, -0.15) is 0 Å². The lowest BCUT2D eigenvalue weighted by Crippen LogP contribution is -2.00. The molecular weight excluding hydrogens is 352 g/mol. The van der Waals surface area contributed by atoms with Crippen molar-refractivity contribution in [1.29, 1.82) is 0 Å². The number of pyridine rings is 1. The van der Waals surface area contributed by atoms with Crippen LogP contribution in [0.5, 0.6) is 0 Å². The van der Waals surface area contributed by atoms with Gasteiger partial charge >= 0.3 is 0 Å². The Morgan fingerprint density at radius 2 is 2.16 bits per heavy atom. The van der Waals surface area contributed by atoms with Gasteiger partial charge in [0.25, 0.3) is 0 Å². The van der Waals surface area contributed by atoms with Crippen LogP contribution in [0, 0.1) is 6.92 Å². The predicted octanol–water partition coefficient (Wildman–Crippen LogP) is 4.14. The molecule has 25 heavy (non-hydrogen) atoms. The molecule has 4 aromatic rings. The van der Waals surface area contributed by atoms with Crippen LogP contribution >= 0.6 is 23.1 Å². The van der Waals surface area contributed by atoms with E-state index in [1.54, 1.807) is 35.6 Å². The van der Waals surface area contributed by atoms with Gasteiger partial charge in [-0.25, -0.2) is 9.97 Å². The van der Waals surface area contributed by atoms with Crippen molar-refractivity contribution in [3.63, 3.8) is 0 Å². The van der Waals surface area contributed by atoms with Gasteiger partial charge in [0.2, 0.25) is 0 Å². The van der Waals surface area contributed by atoms with Gasteiger partial charge < -0.3 is 0 Å². The van der Waals surface area contributed by atoms with Crippen molar-refractivity contribution >= 4 is 33.3 Å². The Hall–Kier alpha value is -2.32. The summed E-state index contributed by atoms with van der Waals surface area (Å²) in [6.45, 7) is 2.09. The van der Waals surface area contributed by atoms with E-state index >= 15 is 0 Å². The van der Waals surface area contributed by atoms with E-state index in [1.165, 1.54) is 4.88 Å². The molecule has 5 rings (SSSR count). The topological polar surface area (TPSA) is 69.4 Å². The number of nitrogens with zero attached hydrogens (tertiary/aromatic N) is 6. The molecule has 1 aliphatic rings. The molecule has 8 heteroatoms. The number of aryl methyl sites for hydroxylation is 1. The van der Waals surface area contributed by atoms with Gasteiger partial charge in [-0.1, -0.05) is 0 Å². The summed E-state index contributed by atoms with van der Waals surface area (Å²) in [6, 6.07) is 6.56. The number of rotatable bonds is 4. The summed E-state index contributed by atoms with van der Waals surface area (Å²) in [5, 5.41) is 11.8. The van der Waals surface area contributed by atoms with Crippen molar-refractivity contribution in [1.82, 2.24) is 29.7 Å². The van der Waals surface area contributed by atoms with Crippen molar-refractivity contribution in [3.8, 4) is 11.4 Å². The summed E-state index contributed by atoms with van der Waals surface area (Å²) in [7, 11) is 0. The van der Waals surface area contributed by atoms with E-state index in [9.17, 15) is 0 Å². The summed E-state index contributed by atoms with van der Waals surface area (Å²) < 4.78 is 2.23. The third-order valence-corrected chi connectivity index (χ3v) is 6.04. The van der Waals surface area contributed by atoms with E-state index in [0.717, 1.165) is 44.6 Å². The maximum absolute atomic E-state index is 4.48. The molecule has 6 nitrogen and oxygen atoms in total. The zero-order valence-electron chi connectivity index (χ0n) is 13.5. The van der Waals surface area contributed by atoms with Gasteiger partial charge in [0.1, 0.15) is 16.2 Å². The Morgan fingerprint density at radius 3 is 2.96 bits per heavy atom. The third kappa shape index (κ3) is 2.71. The molecule has 0 N–H and O–H groups in total. The Balaban J connectivity index is 1.59. The van der Waals surface area contributed by atoms with E-state index in [4.69, 9.17) is 0 Å². The minimum atomic E-state index is 0.467. The number of fused-ring (bicyclic) bond motifs is 1. The molecule has 1 aliphatic carbocycles. The molecule has 0 atom stereocenters.